The van der Waals surface area contributed by atoms with E-state index in [1.807, 2.05) is 0 Å². The topological polar surface area (TPSA) is 43.8 Å². The summed E-state index contributed by atoms with van der Waals surface area (Å²) in [6, 6.07) is 2.17. The number of aliphatic imine (C=N–C) groups is 1. The van der Waals surface area contributed by atoms with Crippen LogP contribution in [-0.2, 0) is 13.0 Å². The lowest BCUT2D eigenvalue weighted by Crippen LogP contribution is -2.38. The second-order valence-electron chi connectivity index (χ2n) is 6.29. The van der Waals surface area contributed by atoms with Crippen LogP contribution in [0.15, 0.2) is 27.2 Å². The van der Waals surface area contributed by atoms with Gasteiger partial charge in [0.25, 0.3) is 0 Å². The molecule has 3 heterocycles. The van der Waals surface area contributed by atoms with E-state index in [0.29, 0.717) is 0 Å². The Morgan fingerprint density at radius 2 is 2.15 bits per heavy atom. The van der Waals surface area contributed by atoms with Crippen LogP contribution >= 0.6 is 46.7 Å². The highest BCUT2D eigenvalue weighted by Gasteiger charge is 2.15. The van der Waals surface area contributed by atoms with E-state index in [1.165, 1.54) is 23.5 Å². The molecule has 2 aromatic heterocycles. The van der Waals surface area contributed by atoms with E-state index in [2.05, 4.69) is 51.3 Å². The van der Waals surface area contributed by atoms with E-state index < -0.39 is 0 Å². The molecule has 1 aliphatic rings. The van der Waals surface area contributed by atoms with Crippen LogP contribution in [0.3, 0.4) is 0 Å². The Balaban J connectivity index is 0.00000243. The predicted octanol–water partition coefficient (Wildman–Crippen LogP) is 4.06. The number of anilines is 1. The first-order valence-electron chi connectivity index (χ1n) is 8.96. The van der Waals surface area contributed by atoms with Crippen molar-refractivity contribution >= 4 is 57.7 Å². The molecule has 26 heavy (non-hydrogen) atoms. The van der Waals surface area contributed by atoms with Crippen LogP contribution in [0.25, 0.3) is 0 Å². The molecule has 1 aliphatic heterocycles. The van der Waals surface area contributed by atoms with Crippen LogP contribution in [-0.4, -0.2) is 49.1 Å². The third-order valence-corrected chi connectivity index (χ3v) is 5.92. The number of hydrogen-bond donors (Lipinski definition) is 1. The monoisotopic (exact) mass is 505 g/mol. The molecule has 1 fully saturated rings. The summed E-state index contributed by atoms with van der Waals surface area (Å²) in [6.07, 6.45) is 3.48. The largest absolute Gasteiger partial charge is 0.357 e. The highest BCUT2D eigenvalue weighted by atomic mass is 127. The van der Waals surface area contributed by atoms with Gasteiger partial charge in [0.05, 0.1) is 5.69 Å². The summed E-state index contributed by atoms with van der Waals surface area (Å²) in [4.78, 5) is 14.1. The van der Waals surface area contributed by atoms with Crippen LogP contribution in [0, 0.1) is 0 Å². The second-order valence-corrected chi connectivity index (χ2v) is 7.91. The van der Waals surface area contributed by atoms with Gasteiger partial charge in [0.15, 0.2) is 11.1 Å². The van der Waals surface area contributed by atoms with Gasteiger partial charge in [-0.25, -0.2) is 4.98 Å². The Morgan fingerprint density at radius 1 is 1.35 bits per heavy atom. The molecule has 0 aliphatic carbocycles. The van der Waals surface area contributed by atoms with Crippen molar-refractivity contribution in [1.82, 2.24) is 15.2 Å². The van der Waals surface area contributed by atoms with Crippen molar-refractivity contribution in [2.24, 2.45) is 4.99 Å². The SMILES string of the molecule is CCNC(=NCCc1csc(N2CCCC2)n1)N(C)Cc1ccsc1.I. The number of guanidine groups is 1. The molecule has 5 nitrogen and oxygen atoms in total. The minimum atomic E-state index is 0. The number of rotatable bonds is 7. The zero-order chi connectivity index (χ0) is 17.5. The van der Waals surface area contributed by atoms with E-state index in [-0.39, 0.29) is 24.0 Å². The number of thiophene rings is 1. The first-order valence-corrected chi connectivity index (χ1v) is 10.8. The van der Waals surface area contributed by atoms with Crippen molar-refractivity contribution in [3.8, 4) is 0 Å². The molecule has 0 atom stereocenters. The maximum Gasteiger partial charge on any atom is 0.193 e. The van der Waals surface area contributed by atoms with Gasteiger partial charge >= 0.3 is 0 Å². The zero-order valence-electron chi connectivity index (χ0n) is 15.5. The van der Waals surface area contributed by atoms with E-state index in [9.17, 15) is 0 Å². The average molecular weight is 505 g/mol. The Hall–Kier alpha value is -0.870. The van der Waals surface area contributed by atoms with Crippen molar-refractivity contribution in [3.63, 3.8) is 0 Å². The average Bonchev–Trinajstić information content (AvgIpc) is 3.35. The van der Waals surface area contributed by atoms with Crippen molar-refractivity contribution in [2.75, 3.05) is 38.1 Å². The van der Waals surface area contributed by atoms with Gasteiger partial charge in [-0.2, -0.15) is 11.3 Å². The van der Waals surface area contributed by atoms with Gasteiger partial charge in [-0.05, 0) is 42.2 Å². The number of hydrogen-bond acceptors (Lipinski definition) is 5. The normalized spacial score (nSPS) is 14.4. The summed E-state index contributed by atoms with van der Waals surface area (Å²) in [5, 5.41) is 11.1. The van der Waals surface area contributed by atoms with Crippen molar-refractivity contribution in [1.29, 1.82) is 0 Å². The molecule has 0 aromatic carbocycles. The van der Waals surface area contributed by atoms with E-state index >= 15 is 0 Å². The van der Waals surface area contributed by atoms with Gasteiger partial charge in [0.2, 0.25) is 0 Å². The molecule has 0 radical (unpaired) electrons. The summed E-state index contributed by atoms with van der Waals surface area (Å²) in [7, 11) is 2.09. The maximum absolute atomic E-state index is 4.78. The molecular weight excluding hydrogens is 477 g/mol. The summed E-state index contributed by atoms with van der Waals surface area (Å²) in [5.74, 6) is 0.962. The number of nitrogens with one attached hydrogen (secondary N) is 1. The van der Waals surface area contributed by atoms with Crippen LogP contribution in [0.1, 0.15) is 31.0 Å². The highest BCUT2D eigenvalue weighted by Crippen LogP contribution is 2.24. The van der Waals surface area contributed by atoms with Gasteiger partial charge < -0.3 is 15.1 Å². The molecular formula is C18H28IN5S2. The number of nitrogens with zero attached hydrogens (tertiary/aromatic N) is 4. The summed E-state index contributed by atoms with van der Waals surface area (Å²) in [5.41, 5.74) is 2.49. The molecule has 3 rings (SSSR count). The number of thiazole rings is 1. The summed E-state index contributed by atoms with van der Waals surface area (Å²) in [6.45, 7) is 6.94. The minimum Gasteiger partial charge on any atom is -0.357 e. The van der Waals surface area contributed by atoms with Gasteiger partial charge in [-0.3, -0.25) is 4.99 Å². The standard InChI is InChI=1S/C18H27N5S2.HI/c1-3-19-17(22(2)12-15-7-11-24-13-15)20-8-6-16-14-25-18(21-16)23-9-4-5-10-23;/h7,11,13-14H,3-6,8-10,12H2,1-2H3,(H,19,20);1H. The Labute approximate surface area is 181 Å². The first-order chi connectivity index (χ1) is 12.3. The molecule has 2 aromatic rings. The molecule has 0 spiro atoms. The summed E-state index contributed by atoms with van der Waals surface area (Å²) >= 11 is 3.50. The predicted molar refractivity (Wildman–Crippen MR) is 124 cm³/mol. The van der Waals surface area contributed by atoms with Crippen molar-refractivity contribution in [3.05, 3.63) is 33.5 Å². The Morgan fingerprint density at radius 3 is 2.85 bits per heavy atom. The molecule has 0 amide bonds. The van der Waals surface area contributed by atoms with Gasteiger partial charge in [-0.15, -0.1) is 35.3 Å². The van der Waals surface area contributed by atoms with Gasteiger partial charge in [0.1, 0.15) is 0 Å². The molecule has 0 unspecified atom stereocenters. The van der Waals surface area contributed by atoms with Crippen LogP contribution in [0.4, 0.5) is 5.13 Å². The lowest BCUT2D eigenvalue weighted by molar-refractivity contribution is 0.478. The smallest absolute Gasteiger partial charge is 0.193 e. The quantitative estimate of drug-likeness (QED) is 0.350. The fourth-order valence-electron chi connectivity index (χ4n) is 2.94. The number of halogens is 1. The molecule has 144 valence electrons. The highest BCUT2D eigenvalue weighted by molar-refractivity contribution is 14.0. The molecule has 0 bridgehead atoms. The van der Waals surface area contributed by atoms with Crippen LogP contribution in [0.2, 0.25) is 0 Å². The second kappa shape index (κ2) is 11.1. The third-order valence-electron chi connectivity index (χ3n) is 4.24. The lowest BCUT2D eigenvalue weighted by Gasteiger charge is -2.21. The van der Waals surface area contributed by atoms with E-state index in [0.717, 1.165) is 50.8 Å². The number of aromatic nitrogens is 1. The van der Waals surface area contributed by atoms with Crippen molar-refractivity contribution in [2.45, 2.75) is 32.7 Å². The van der Waals surface area contributed by atoms with Crippen molar-refractivity contribution < 1.29 is 0 Å². The lowest BCUT2D eigenvalue weighted by atomic mass is 10.3. The van der Waals surface area contributed by atoms with Gasteiger partial charge in [-0.1, -0.05) is 0 Å². The molecule has 1 N–H and O–H groups in total. The third kappa shape index (κ3) is 6.09. The molecule has 0 saturated carbocycles. The van der Waals surface area contributed by atoms with E-state index in [4.69, 9.17) is 9.98 Å². The fourth-order valence-corrected chi connectivity index (χ4v) is 4.52. The first kappa shape index (κ1) is 21.4. The van der Waals surface area contributed by atoms with Gasteiger partial charge in [0, 0.05) is 51.6 Å². The summed E-state index contributed by atoms with van der Waals surface area (Å²) < 4.78 is 0. The maximum atomic E-state index is 4.78. The van der Waals surface area contributed by atoms with Crippen LogP contribution < -0.4 is 10.2 Å². The van der Waals surface area contributed by atoms with Crippen LogP contribution in [0.5, 0.6) is 0 Å². The molecule has 8 heteroatoms. The fraction of sp³-hybridized carbons (Fsp3) is 0.556. The minimum absolute atomic E-state index is 0. The Kier molecular flexibility index (Phi) is 9.13. The van der Waals surface area contributed by atoms with E-state index in [1.54, 1.807) is 22.7 Å². The Bertz CT molecular complexity index is 665. The zero-order valence-corrected chi connectivity index (χ0v) is 19.4. The molecule has 1 saturated heterocycles.